The summed E-state index contributed by atoms with van der Waals surface area (Å²) in [4.78, 5) is 4.99. The SMILES string of the molecule is c1cc(N2CCNCC2)ccc1CN1CCNCC1. The Hall–Kier alpha value is -1.10. The fourth-order valence-electron chi connectivity index (χ4n) is 2.86. The molecule has 0 aromatic heterocycles. The summed E-state index contributed by atoms with van der Waals surface area (Å²) in [6.07, 6.45) is 0. The summed E-state index contributed by atoms with van der Waals surface area (Å²) in [5.41, 5.74) is 2.80. The lowest BCUT2D eigenvalue weighted by atomic mass is 10.1. The molecule has 1 aromatic carbocycles. The van der Waals surface area contributed by atoms with Crippen LogP contribution in [0.15, 0.2) is 24.3 Å². The summed E-state index contributed by atoms with van der Waals surface area (Å²) in [6, 6.07) is 9.14. The second kappa shape index (κ2) is 6.37. The molecule has 0 bridgehead atoms. The molecule has 2 saturated heterocycles. The quantitative estimate of drug-likeness (QED) is 0.829. The zero-order valence-corrected chi connectivity index (χ0v) is 11.6. The molecule has 104 valence electrons. The Morgan fingerprint density at radius 2 is 1.37 bits per heavy atom. The first-order valence-corrected chi connectivity index (χ1v) is 7.39. The summed E-state index contributed by atoms with van der Waals surface area (Å²) >= 11 is 0. The van der Waals surface area contributed by atoms with Gasteiger partial charge in [-0.2, -0.15) is 0 Å². The highest BCUT2D eigenvalue weighted by Crippen LogP contribution is 2.16. The number of nitrogens with zero attached hydrogens (tertiary/aromatic N) is 2. The summed E-state index contributed by atoms with van der Waals surface area (Å²) in [5, 5.41) is 6.79. The van der Waals surface area contributed by atoms with Crippen LogP contribution < -0.4 is 15.5 Å². The van der Waals surface area contributed by atoms with Crippen molar-refractivity contribution in [2.45, 2.75) is 6.54 Å². The largest absolute Gasteiger partial charge is 0.369 e. The molecule has 4 heteroatoms. The molecule has 2 aliphatic heterocycles. The van der Waals surface area contributed by atoms with Crippen LogP contribution in [0.4, 0.5) is 5.69 Å². The van der Waals surface area contributed by atoms with Gasteiger partial charge in [0.15, 0.2) is 0 Å². The molecule has 2 N–H and O–H groups in total. The Morgan fingerprint density at radius 3 is 2.00 bits per heavy atom. The molecule has 0 radical (unpaired) electrons. The standard InChI is InChI=1S/C15H24N4/c1-3-15(19-11-7-17-8-12-19)4-2-14(1)13-18-9-5-16-6-10-18/h1-4,16-17H,5-13H2. The maximum absolute atomic E-state index is 3.40. The van der Waals surface area contributed by atoms with E-state index in [1.807, 2.05) is 0 Å². The van der Waals surface area contributed by atoms with E-state index in [9.17, 15) is 0 Å². The minimum absolute atomic E-state index is 1.09. The molecule has 4 nitrogen and oxygen atoms in total. The summed E-state index contributed by atoms with van der Waals surface area (Å²) in [7, 11) is 0. The number of hydrogen-bond donors (Lipinski definition) is 2. The fourth-order valence-corrected chi connectivity index (χ4v) is 2.86. The molecule has 0 aliphatic carbocycles. The molecule has 1 aromatic rings. The molecule has 19 heavy (non-hydrogen) atoms. The van der Waals surface area contributed by atoms with Gasteiger partial charge in [0.1, 0.15) is 0 Å². The average molecular weight is 260 g/mol. The highest BCUT2D eigenvalue weighted by molar-refractivity contribution is 5.48. The van der Waals surface area contributed by atoms with E-state index in [4.69, 9.17) is 0 Å². The number of benzene rings is 1. The molecular formula is C15H24N4. The van der Waals surface area contributed by atoms with Crippen molar-refractivity contribution in [3.63, 3.8) is 0 Å². The van der Waals surface area contributed by atoms with E-state index < -0.39 is 0 Å². The second-order valence-electron chi connectivity index (χ2n) is 5.43. The van der Waals surface area contributed by atoms with Crippen molar-refractivity contribution in [3.8, 4) is 0 Å². The number of hydrogen-bond acceptors (Lipinski definition) is 4. The van der Waals surface area contributed by atoms with Gasteiger partial charge in [-0.3, -0.25) is 4.90 Å². The molecule has 0 unspecified atom stereocenters. The lowest BCUT2D eigenvalue weighted by Crippen LogP contribution is -2.43. The van der Waals surface area contributed by atoms with Crippen molar-refractivity contribution in [1.82, 2.24) is 15.5 Å². The minimum atomic E-state index is 1.09. The zero-order chi connectivity index (χ0) is 12.9. The summed E-state index contributed by atoms with van der Waals surface area (Å²) < 4.78 is 0. The Labute approximate surface area is 115 Å². The van der Waals surface area contributed by atoms with Crippen LogP contribution >= 0.6 is 0 Å². The molecule has 3 rings (SSSR count). The predicted molar refractivity (Wildman–Crippen MR) is 79.7 cm³/mol. The van der Waals surface area contributed by atoms with E-state index in [1.165, 1.54) is 24.3 Å². The van der Waals surface area contributed by atoms with Gasteiger partial charge in [0.25, 0.3) is 0 Å². The van der Waals surface area contributed by atoms with Gasteiger partial charge in [0.05, 0.1) is 0 Å². The first-order valence-electron chi connectivity index (χ1n) is 7.39. The van der Waals surface area contributed by atoms with Crippen LogP contribution in [0, 0.1) is 0 Å². The van der Waals surface area contributed by atoms with Gasteiger partial charge >= 0.3 is 0 Å². The lowest BCUT2D eigenvalue weighted by Gasteiger charge is -2.30. The van der Waals surface area contributed by atoms with Crippen LogP contribution in [0.2, 0.25) is 0 Å². The van der Waals surface area contributed by atoms with Crippen molar-refractivity contribution in [2.24, 2.45) is 0 Å². The molecule has 0 saturated carbocycles. The van der Waals surface area contributed by atoms with E-state index in [1.54, 1.807) is 0 Å². The smallest absolute Gasteiger partial charge is 0.0367 e. The summed E-state index contributed by atoms with van der Waals surface area (Å²) in [5.74, 6) is 0. The molecule has 0 atom stereocenters. The molecule has 0 spiro atoms. The Balaban J connectivity index is 1.58. The van der Waals surface area contributed by atoms with E-state index in [2.05, 4.69) is 44.7 Å². The van der Waals surface area contributed by atoms with E-state index in [-0.39, 0.29) is 0 Å². The fraction of sp³-hybridized carbons (Fsp3) is 0.600. The maximum Gasteiger partial charge on any atom is 0.0367 e. The second-order valence-corrected chi connectivity index (χ2v) is 5.43. The van der Waals surface area contributed by atoms with Crippen LogP contribution in [-0.2, 0) is 6.54 Å². The average Bonchev–Trinajstić information content (AvgIpc) is 2.50. The predicted octanol–water partition coefficient (Wildman–Crippen LogP) is 0.501. The van der Waals surface area contributed by atoms with Gasteiger partial charge in [-0.15, -0.1) is 0 Å². The van der Waals surface area contributed by atoms with Gasteiger partial charge in [0, 0.05) is 64.6 Å². The molecule has 2 fully saturated rings. The molecule has 2 heterocycles. The van der Waals surface area contributed by atoms with Crippen LogP contribution in [0.1, 0.15) is 5.56 Å². The third kappa shape index (κ3) is 3.47. The number of nitrogens with one attached hydrogen (secondary N) is 2. The first-order chi connectivity index (χ1) is 9.42. The van der Waals surface area contributed by atoms with Crippen molar-refractivity contribution >= 4 is 5.69 Å². The van der Waals surface area contributed by atoms with Gasteiger partial charge in [0.2, 0.25) is 0 Å². The lowest BCUT2D eigenvalue weighted by molar-refractivity contribution is 0.233. The van der Waals surface area contributed by atoms with Crippen LogP contribution in [0.3, 0.4) is 0 Å². The molecule has 0 amide bonds. The Kier molecular flexibility index (Phi) is 4.33. The maximum atomic E-state index is 3.40. The number of piperazine rings is 2. The summed E-state index contributed by atoms with van der Waals surface area (Å²) in [6.45, 7) is 10.1. The monoisotopic (exact) mass is 260 g/mol. The van der Waals surface area contributed by atoms with Crippen molar-refractivity contribution in [2.75, 3.05) is 57.3 Å². The third-order valence-electron chi connectivity index (χ3n) is 4.03. The highest BCUT2D eigenvalue weighted by atomic mass is 15.2. The van der Waals surface area contributed by atoms with Crippen LogP contribution in [0.5, 0.6) is 0 Å². The van der Waals surface area contributed by atoms with Gasteiger partial charge < -0.3 is 15.5 Å². The molecule has 2 aliphatic rings. The van der Waals surface area contributed by atoms with E-state index >= 15 is 0 Å². The van der Waals surface area contributed by atoms with Crippen LogP contribution in [-0.4, -0.2) is 57.3 Å². The first kappa shape index (κ1) is 12.9. The number of anilines is 1. The van der Waals surface area contributed by atoms with Crippen molar-refractivity contribution in [3.05, 3.63) is 29.8 Å². The van der Waals surface area contributed by atoms with Crippen LogP contribution in [0.25, 0.3) is 0 Å². The van der Waals surface area contributed by atoms with E-state index in [0.29, 0.717) is 0 Å². The number of rotatable bonds is 3. The Morgan fingerprint density at radius 1 is 0.789 bits per heavy atom. The third-order valence-corrected chi connectivity index (χ3v) is 4.03. The normalized spacial score (nSPS) is 21.6. The van der Waals surface area contributed by atoms with Crippen molar-refractivity contribution < 1.29 is 0 Å². The zero-order valence-electron chi connectivity index (χ0n) is 11.6. The highest BCUT2D eigenvalue weighted by Gasteiger charge is 2.12. The van der Waals surface area contributed by atoms with Gasteiger partial charge in [-0.1, -0.05) is 12.1 Å². The van der Waals surface area contributed by atoms with Gasteiger partial charge in [-0.05, 0) is 17.7 Å². The van der Waals surface area contributed by atoms with E-state index in [0.717, 1.165) is 45.8 Å². The topological polar surface area (TPSA) is 30.5 Å². The van der Waals surface area contributed by atoms with Gasteiger partial charge in [-0.25, -0.2) is 0 Å². The Bertz CT molecular complexity index is 378. The van der Waals surface area contributed by atoms with Crippen molar-refractivity contribution in [1.29, 1.82) is 0 Å². The molecular weight excluding hydrogens is 236 g/mol. The minimum Gasteiger partial charge on any atom is -0.369 e.